The fraction of sp³-hybridized carbons (Fsp3) is 0.238. The zero-order valence-corrected chi connectivity index (χ0v) is 15.0. The van der Waals surface area contributed by atoms with Crippen molar-refractivity contribution in [2.24, 2.45) is 0 Å². The second-order valence-corrected chi connectivity index (χ2v) is 6.51. The molecule has 0 aliphatic carbocycles. The van der Waals surface area contributed by atoms with Crippen molar-refractivity contribution in [2.45, 2.75) is 33.8 Å². The predicted octanol–water partition coefficient (Wildman–Crippen LogP) is 3.92. The second kappa shape index (κ2) is 7.04. The number of aryl methyl sites for hydroxylation is 3. The van der Waals surface area contributed by atoms with Crippen molar-refractivity contribution in [1.82, 2.24) is 0 Å². The van der Waals surface area contributed by atoms with Gasteiger partial charge < -0.3 is 14.3 Å². The summed E-state index contributed by atoms with van der Waals surface area (Å²) < 4.78 is 11.1. The van der Waals surface area contributed by atoms with Gasteiger partial charge in [-0.25, -0.2) is 4.79 Å². The van der Waals surface area contributed by atoms with Crippen LogP contribution in [0.3, 0.4) is 0 Å². The Morgan fingerprint density at radius 3 is 2.42 bits per heavy atom. The number of carbonyl (C=O) groups is 1. The number of ether oxygens (including phenoxy) is 1. The lowest BCUT2D eigenvalue weighted by Gasteiger charge is -2.10. The van der Waals surface area contributed by atoms with Gasteiger partial charge in [-0.1, -0.05) is 29.3 Å². The number of carboxylic acid groups (broad SMARTS) is 1. The first-order chi connectivity index (χ1) is 12.3. The highest BCUT2D eigenvalue weighted by Gasteiger charge is 2.14. The number of hydrogen-bond acceptors (Lipinski definition) is 4. The van der Waals surface area contributed by atoms with Crippen LogP contribution in [0.15, 0.2) is 45.6 Å². The fourth-order valence-corrected chi connectivity index (χ4v) is 3.14. The van der Waals surface area contributed by atoms with Gasteiger partial charge >= 0.3 is 11.6 Å². The maximum atomic E-state index is 12.1. The zero-order valence-electron chi connectivity index (χ0n) is 15.0. The van der Waals surface area contributed by atoms with E-state index in [2.05, 4.69) is 18.2 Å². The maximum absolute atomic E-state index is 12.1. The summed E-state index contributed by atoms with van der Waals surface area (Å²) in [6, 6.07) is 11.5. The number of hydrogen-bond donors (Lipinski definition) is 1. The zero-order chi connectivity index (χ0) is 18.8. The summed E-state index contributed by atoms with van der Waals surface area (Å²) in [5.41, 5.74) is 3.98. The molecule has 3 aromatic rings. The summed E-state index contributed by atoms with van der Waals surface area (Å²) in [4.78, 5) is 23.0. The molecular formula is C21H20O5. The van der Waals surface area contributed by atoms with Crippen LogP contribution >= 0.6 is 0 Å². The third kappa shape index (κ3) is 3.77. The third-order valence-electron chi connectivity index (χ3n) is 4.27. The minimum Gasteiger partial charge on any atom is -0.489 e. The Labute approximate surface area is 150 Å². The molecule has 1 aromatic heterocycles. The van der Waals surface area contributed by atoms with Crippen LogP contribution in [0, 0.1) is 20.8 Å². The van der Waals surface area contributed by atoms with E-state index >= 15 is 0 Å². The SMILES string of the molecule is Cc1cc(C)cc(COc2ccc3c(C)c(CC(=O)O)c(=O)oc3c2)c1. The number of aliphatic carboxylic acids is 1. The first-order valence-corrected chi connectivity index (χ1v) is 8.31. The van der Waals surface area contributed by atoms with Gasteiger partial charge in [-0.3, -0.25) is 4.79 Å². The quantitative estimate of drug-likeness (QED) is 0.704. The molecule has 5 nitrogen and oxygen atoms in total. The molecule has 0 unspecified atom stereocenters. The Morgan fingerprint density at radius 1 is 1.08 bits per heavy atom. The first-order valence-electron chi connectivity index (χ1n) is 8.31. The van der Waals surface area contributed by atoms with Crippen molar-refractivity contribution >= 4 is 16.9 Å². The molecule has 0 aliphatic heterocycles. The van der Waals surface area contributed by atoms with Gasteiger partial charge in [0.05, 0.1) is 12.0 Å². The highest BCUT2D eigenvalue weighted by molar-refractivity contribution is 5.83. The number of fused-ring (bicyclic) bond motifs is 1. The van der Waals surface area contributed by atoms with Crippen LogP contribution in [0.4, 0.5) is 0 Å². The molecule has 134 valence electrons. The molecule has 0 fully saturated rings. The van der Waals surface area contributed by atoms with Gasteiger partial charge in [0, 0.05) is 11.5 Å². The molecular weight excluding hydrogens is 332 g/mol. The van der Waals surface area contributed by atoms with Crippen LogP contribution in [0.2, 0.25) is 0 Å². The van der Waals surface area contributed by atoms with Gasteiger partial charge in [-0.05, 0) is 44.0 Å². The highest BCUT2D eigenvalue weighted by Crippen LogP contribution is 2.25. The molecule has 0 saturated carbocycles. The van der Waals surface area contributed by atoms with E-state index in [1.807, 2.05) is 13.8 Å². The number of benzene rings is 2. The Kier molecular flexibility index (Phi) is 4.80. The third-order valence-corrected chi connectivity index (χ3v) is 4.27. The maximum Gasteiger partial charge on any atom is 0.340 e. The first kappa shape index (κ1) is 17.7. The molecule has 0 saturated heterocycles. The minimum absolute atomic E-state index is 0.175. The highest BCUT2D eigenvalue weighted by atomic mass is 16.5. The van der Waals surface area contributed by atoms with Crippen LogP contribution in [-0.4, -0.2) is 11.1 Å². The van der Waals surface area contributed by atoms with E-state index in [1.54, 1.807) is 25.1 Å². The smallest absolute Gasteiger partial charge is 0.340 e. The molecule has 3 rings (SSSR count). The summed E-state index contributed by atoms with van der Waals surface area (Å²) in [5, 5.41) is 9.66. The van der Waals surface area contributed by atoms with E-state index in [1.165, 1.54) is 11.1 Å². The van der Waals surface area contributed by atoms with E-state index in [4.69, 9.17) is 14.3 Å². The molecule has 1 N–H and O–H groups in total. The van der Waals surface area contributed by atoms with Crippen LogP contribution < -0.4 is 10.4 Å². The van der Waals surface area contributed by atoms with E-state index in [-0.39, 0.29) is 12.0 Å². The van der Waals surface area contributed by atoms with Crippen molar-refractivity contribution < 1.29 is 19.1 Å². The Hall–Kier alpha value is -3.08. The normalized spacial score (nSPS) is 10.9. The molecule has 2 aromatic carbocycles. The van der Waals surface area contributed by atoms with Gasteiger partial charge in [-0.15, -0.1) is 0 Å². The summed E-state index contributed by atoms with van der Waals surface area (Å²) in [7, 11) is 0. The van der Waals surface area contributed by atoms with Gasteiger partial charge in [0.25, 0.3) is 0 Å². The summed E-state index contributed by atoms with van der Waals surface area (Å²) in [5.74, 6) is -0.474. The van der Waals surface area contributed by atoms with E-state index in [9.17, 15) is 9.59 Å². The van der Waals surface area contributed by atoms with Crippen molar-refractivity contribution in [3.63, 3.8) is 0 Å². The molecule has 5 heteroatoms. The lowest BCUT2D eigenvalue weighted by atomic mass is 10.0. The number of rotatable bonds is 5. The molecule has 1 heterocycles. The van der Waals surface area contributed by atoms with Crippen molar-refractivity contribution in [2.75, 3.05) is 0 Å². The van der Waals surface area contributed by atoms with Crippen molar-refractivity contribution in [3.8, 4) is 5.75 Å². The monoisotopic (exact) mass is 352 g/mol. The number of carboxylic acids is 1. The lowest BCUT2D eigenvalue weighted by molar-refractivity contribution is -0.136. The largest absolute Gasteiger partial charge is 0.489 e. The van der Waals surface area contributed by atoms with Crippen LogP contribution in [-0.2, 0) is 17.8 Å². The standard InChI is InChI=1S/C21H20O5/c1-12-6-13(2)8-15(7-12)11-25-16-4-5-17-14(3)18(10-20(22)23)21(24)26-19(17)9-16/h4-9H,10-11H2,1-3H3,(H,22,23). The molecule has 0 bridgehead atoms. The van der Waals surface area contributed by atoms with Crippen LogP contribution in [0.5, 0.6) is 5.75 Å². The topological polar surface area (TPSA) is 76.7 Å². The Balaban J connectivity index is 1.89. The van der Waals surface area contributed by atoms with Gasteiger partial charge in [0.15, 0.2) is 0 Å². The summed E-state index contributed by atoms with van der Waals surface area (Å²) in [6.07, 6.45) is -0.352. The molecule has 0 spiro atoms. The van der Waals surface area contributed by atoms with E-state index in [0.717, 1.165) is 5.56 Å². The predicted molar refractivity (Wildman–Crippen MR) is 98.8 cm³/mol. The minimum atomic E-state index is -1.06. The molecule has 26 heavy (non-hydrogen) atoms. The van der Waals surface area contributed by atoms with Gasteiger partial charge in [0.1, 0.15) is 17.9 Å². The van der Waals surface area contributed by atoms with Crippen LogP contribution in [0.25, 0.3) is 11.0 Å². The van der Waals surface area contributed by atoms with Gasteiger partial charge in [0.2, 0.25) is 0 Å². The average molecular weight is 352 g/mol. The van der Waals surface area contributed by atoms with Crippen molar-refractivity contribution in [3.05, 3.63) is 74.6 Å². The lowest BCUT2D eigenvalue weighted by Crippen LogP contribution is -2.14. The molecule has 0 aliphatic rings. The van der Waals surface area contributed by atoms with Gasteiger partial charge in [-0.2, -0.15) is 0 Å². The van der Waals surface area contributed by atoms with E-state index < -0.39 is 11.6 Å². The molecule has 0 atom stereocenters. The molecule has 0 radical (unpaired) electrons. The Bertz CT molecular complexity index is 1030. The molecule has 0 amide bonds. The summed E-state index contributed by atoms with van der Waals surface area (Å²) >= 11 is 0. The fourth-order valence-electron chi connectivity index (χ4n) is 3.14. The van der Waals surface area contributed by atoms with E-state index in [0.29, 0.717) is 28.9 Å². The average Bonchev–Trinajstić information content (AvgIpc) is 2.55. The second-order valence-electron chi connectivity index (χ2n) is 6.51. The van der Waals surface area contributed by atoms with Crippen molar-refractivity contribution in [1.29, 1.82) is 0 Å². The summed E-state index contributed by atoms with van der Waals surface area (Å²) in [6.45, 7) is 6.22. The van der Waals surface area contributed by atoms with Crippen LogP contribution in [0.1, 0.15) is 27.8 Å². The Morgan fingerprint density at radius 2 is 1.77 bits per heavy atom.